The molecule has 140 valence electrons. The number of rotatable bonds is 5. The van der Waals surface area contributed by atoms with Gasteiger partial charge >= 0.3 is 0 Å². The molecule has 1 atom stereocenters. The van der Waals surface area contributed by atoms with Crippen molar-refractivity contribution in [3.05, 3.63) is 73.1 Å². The highest BCUT2D eigenvalue weighted by atomic mass is 32.2. The van der Waals surface area contributed by atoms with Crippen LogP contribution in [0.1, 0.15) is 6.92 Å². The number of nitrogens with one attached hydrogen (secondary N) is 1. The normalized spacial score (nSPS) is 12.1. The van der Waals surface area contributed by atoms with Crippen LogP contribution in [0.25, 0.3) is 22.2 Å². The topological polar surface area (TPSA) is 59.8 Å². The van der Waals surface area contributed by atoms with E-state index in [0.29, 0.717) is 0 Å². The second kappa shape index (κ2) is 7.86. The molecule has 0 aliphatic rings. The fourth-order valence-corrected chi connectivity index (χ4v) is 3.89. The fraction of sp³-hybridized carbons (Fsp3) is 0.136. The van der Waals surface area contributed by atoms with Gasteiger partial charge in [0.1, 0.15) is 0 Å². The van der Waals surface area contributed by atoms with Crippen molar-refractivity contribution in [1.82, 2.24) is 14.5 Å². The number of anilines is 1. The number of carbonyl (C=O) groups is 1. The molecule has 0 spiro atoms. The number of hydrogen-bond donors (Lipinski definition) is 1. The Morgan fingerprint density at radius 2 is 1.86 bits per heavy atom. The van der Waals surface area contributed by atoms with Crippen LogP contribution in [0.4, 0.5) is 5.69 Å². The van der Waals surface area contributed by atoms with Crippen LogP contribution in [0.3, 0.4) is 0 Å². The molecule has 0 fully saturated rings. The summed E-state index contributed by atoms with van der Waals surface area (Å²) < 4.78 is 2.02. The van der Waals surface area contributed by atoms with E-state index in [2.05, 4.69) is 27.4 Å². The van der Waals surface area contributed by atoms with Crippen LogP contribution in [0.2, 0.25) is 0 Å². The number of thioether (sulfide) groups is 1. The molecule has 28 heavy (non-hydrogen) atoms. The van der Waals surface area contributed by atoms with Gasteiger partial charge in [0, 0.05) is 18.6 Å². The summed E-state index contributed by atoms with van der Waals surface area (Å²) in [5.41, 5.74) is 3.76. The lowest BCUT2D eigenvalue weighted by molar-refractivity contribution is -0.115. The van der Waals surface area contributed by atoms with Crippen molar-refractivity contribution in [3.63, 3.8) is 0 Å². The third-order valence-corrected chi connectivity index (χ3v) is 5.73. The predicted octanol–water partition coefficient (Wildman–Crippen LogP) is 4.75. The van der Waals surface area contributed by atoms with Gasteiger partial charge < -0.3 is 9.88 Å². The van der Waals surface area contributed by atoms with Gasteiger partial charge in [-0.1, -0.05) is 48.2 Å². The van der Waals surface area contributed by atoms with Gasteiger partial charge in [0.2, 0.25) is 5.91 Å². The molecule has 4 aromatic rings. The zero-order valence-electron chi connectivity index (χ0n) is 15.7. The first-order valence-electron chi connectivity index (χ1n) is 9.02. The van der Waals surface area contributed by atoms with Gasteiger partial charge in [-0.3, -0.25) is 9.78 Å². The largest absolute Gasteiger partial charge is 0.324 e. The quantitative estimate of drug-likeness (QED) is 0.501. The van der Waals surface area contributed by atoms with Gasteiger partial charge in [-0.05, 0) is 36.8 Å². The molecule has 5 nitrogen and oxygen atoms in total. The van der Waals surface area contributed by atoms with Gasteiger partial charge in [-0.15, -0.1) is 0 Å². The van der Waals surface area contributed by atoms with Crippen molar-refractivity contribution in [2.45, 2.75) is 17.3 Å². The first-order chi connectivity index (χ1) is 13.6. The van der Waals surface area contributed by atoms with Crippen LogP contribution in [0, 0.1) is 0 Å². The second-order valence-corrected chi connectivity index (χ2v) is 7.78. The highest BCUT2D eigenvalue weighted by molar-refractivity contribution is 8.00. The monoisotopic (exact) mass is 388 g/mol. The Hall–Kier alpha value is -3.12. The lowest BCUT2D eigenvalue weighted by atomic mass is 10.2. The summed E-state index contributed by atoms with van der Waals surface area (Å²) in [6.45, 7) is 1.89. The van der Waals surface area contributed by atoms with Gasteiger partial charge in [-0.25, -0.2) is 4.98 Å². The van der Waals surface area contributed by atoms with Gasteiger partial charge in [0.05, 0.1) is 28.3 Å². The maximum absolute atomic E-state index is 12.8. The minimum Gasteiger partial charge on any atom is -0.324 e. The third-order valence-electron chi connectivity index (χ3n) is 4.57. The van der Waals surface area contributed by atoms with E-state index in [1.807, 2.05) is 73.3 Å². The molecule has 2 heterocycles. The number of amides is 1. The number of hydrogen-bond acceptors (Lipinski definition) is 4. The number of imidazole rings is 1. The average molecular weight is 388 g/mol. The lowest BCUT2D eigenvalue weighted by Gasteiger charge is -2.13. The van der Waals surface area contributed by atoms with E-state index in [4.69, 9.17) is 0 Å². The number of nitrogens with zero attached hydrogens (tertiary/aromatic N) is 3. The van der Waals surface area contributed by atoms with E-state index in [1.165, 1.54) is 11.8 Å². The van der Waals surface area contributed by atoms with Gasteiger partial charge in [0.25, 0.3) is 0 Å². The zero-order chi connectivity index (χ0) is 19.5. The molecule has 0 aliphatic carbocycles. The number of fused-ring (bicyclic) bond motifs is 1. The highest BCUT2D eigenvalue weighted by Crippen LogP contribution is 2.28. The number of aromatic nitrogens is 3. The minimum absolute atomic E-state index is 0.0642. The SMILES string of the molecule is CC(Sc1ncc(-c2ccccc2)n1C)C(=O)Nc1cccc2ncccc12. The van der Waals surface area contributed by atoms with Crippen molar-refractivity contribution in [3.8, 4) is 11.3 Å². The Morgan fingerprint density at radius 1 is 1.04 bits per heavy atom. The smallest absolute Gasteiger partial charge is 0.237 e. The van der Waals surface area contributed by atoms with Crippen LogP contribution in [0.5, 0.6) is 0 Å². The molecule has 4 rings (SSSR count). The van der Waals surface area contributed by atoms with Crippen LogP contribution in [-0.2, 0) is 11.8 Å². The van der Waals surface area contributed by atoms with Crippen LogP contribution in [0.15, 0.2) is 78.2 Å². The average Bonchev–Trinajstić information content (AvgIpc) is 3.09. The fourth-order valence-electron chi connectivity index (χ4n) is 3.04. The standard InChI is InChI=1S/C22H20N4OS/c1-15(21(27)25-19-12-6-11-18-17(19)10-7-13-23-18)28-22-24-14-20(26(22)2)16-8-4-3-5-9-16/h3-15H,1-2H3,(H,25,27). The summed E-state index contributed by atoms with van der Waals surface area (Å²) in [5, 5.41) is 4.47. The summed E-state index contributed by atoms with van der Waals surface area (Å²) in [5.74, 6) is -0.0642. The lowest BCUT2D eigenvalue weighted by Crippen LogP contribution is -2.23. The van der Waals surface area contributed by atoms with Gasteiger partial charge in [0.15, 0.2) is 5.16 Å². The number of benzene rings is 2. The Bertz CT molecular complexity index is 1120. The molecule has 0 saturated heterocycles. The molecular weight excluding hydrogens is 368 g/mol. The van der Waals surface area contributed by atoms with E-state index in [9.17, 15) is 4.79 Å². The molecule has 0 bridgehead atoms. The summed E-state index contributed by atoms with van der Waals surface area (Å²) in [6.07, 6.45) is 3.59. The van der Waals surface area contributed by atoms with E-state index >= 15 is 0 Å². The summed E-state index contributed by atoms with van der Waals surface area (Å²) in [6, 6.07) is 19.7. The van der Waals surface area contributed by atoms with E-state index in [-0.39, 0.29) is 11.2 Å². The molecule has 1 unspecified atom stereocenters. The van der Waals surface area contributed by atoms with Crippen molar-refractivity contribution < 1.29 is 4.79 Å². The predicted molar refractivity (Wildman–Crippen MR) is 114 cm³/mol. The molecule has 0 saturated carbocycles. The molecule has 1 N–H and O–H groups in total. The van der Waals surface area contributed by atoms with Crippen molar-refractivity contribution in [2.24, 2.45) is 7.05 Å². The second-order valence-electron chi connectivity index (χ2n) is 6.48. The van der Waals surface area contributed by atoms with Crippen LogP contribution in [-0.4, -0.2) is 25.7 Å². The Morgan fingerprint density at radius 3 is 2.68 bits per heavy atom. The molecule has 6 heteroatoms. The first kappa shape index (κ1) is 18.3. The summed E-state index contributed by atoms with van der Waals surface area (Å²) in [4.78, 5) is 21.6. The highest BCUT2D eigenvalue weighted by Gasteiger charge is 2.19. The molecule has 2 aromatic carbocycles. The molecule has 0 aliphatic heterocycles. The van der Waals surface area contributed by atoms with Crippen molar-refractivity contribution in [1.29, 1.82) is 0 Å². The summed E-state index contributed by atoms with van der Waals surface area (Å²) in [7, 11) is 1.97. The van der Waals surface area contributed by atoms with Crippen LogP contribution < -0.4 is 5.32 Å². The van der Waals surface area contributed by atoms with Crippen molar-refractivity contribution >= 4 is 34.3 Å². The molecule has 1 amide bonds. The molecule has 2 aromatic heterocycles. The Labute approximate surface area is 167 Å². The van der Waals surface area contributed by atoms with Crippen molar-refractivity contribution in [2.75, 3.05) is 5.32 Å². The van der Waals surface area contributed by atoms with E-state index < -0.39 is 0 Å². The maximum Gasteiger partial charge on any atom is 0.237 e. The molecule has 0 radical (unpaired) electrons. The van der Waals surface area contributed by atoms with E-state index in [0.717, 1.165) is 33.0 Å². The number of pyridine rings is 1. The first-order valence-corrected chi connectivity index (χ1v) is 9.90. The minimum atomic E-state index is -0.295. The zero-order valence-corrected chi connectivity index (χ0v) is 16.5. The van der Waals surface area contributed by atoms with E-state index in [1.54, 1.807) is 6.20 Å². The maximum atomic E-state index is 12.8. The van der Waals surface area contributed by atoms with Gasteiger partial charge in [-0.2, -0.15) is 0 Å². The third kappa shape index (κ3) is 3.64. The Kier molecular flexibility index (Phi) is 5.12. The Balaban J connectivity index is 1.50. The molecular formula is C22H20N4OS. The number of carbonyl (C=O) groups excluding carboxylic acids is 1. The van der Waals surface area contributed by atoms with Crippen LogP contribution >= 0.6 is 11.8 Å². The summed E-state index contributed by atoms with van der Waals surface area (Å²) >= 11 is 1.44.